The number of rotatable bonds is 7. The summed E-state index contributed by atoms with van der Waals surface area (Å²) in [6.45, 7) is 0. The Kier molecular flexibility index (Phi) is 8.76. The highest BCUT2D eigenvalue weighted by atomic mass is 15.2. The van der Waals surface area contributed by atoms with Gasteiger partial charge in [0.25, 0.3) is 0 Å². The van der Waals surface area contributed by atoms with Crippen molar-refractivity contribution in [3.63, 3.8) is 0 Å². The van der Waals surface area contributed by atoms with Crippen molar-refractivity contribution in [3.05, 3.63) is 277 Å². The van der Waals surface area contributed by atoms with Crippen molar-refractivity contribution in [1.29, 1.82) is 0 Å². The Hall–Kier alpha value is -8.20. The zero-order chi connectivity index (χ0) is 41.7. The van der Waals surface area contributed by atoms with Gasteiger partial charge in [0.05, 0.1) is 22.5 Å². The zero-order valence-corrected chi connectivity index (χ0v) is 34.6. The van der Waals surface area contributed by atoms with Crippen LogP contribution >= 0.6 is 0 Å². The Morgan fingerprint density at radius 1 is 0.286 bits per heavy atom. The Morgan fingerprint density at radius 3 is 1.35 bits per heavy atom. The first-order valence-electron chi connectivity index (χ1n) is 21.8. The molecular formula is C61H42N2. The second kappa shape index (κ2) is 15.1. The summed E-state index contributed by atoms with van der Waals surface area (Å²) in [6.07, 6.45) is 0. The molecule has 0 amide bonds. The van der Waals surface area contributed by atoms with Crippen LogP contribution in [-0.4, -0.2) is 0 Å². The Balaban J connectivity index is 1.02. The van der Waals surface area contributed by atoms with Gasteiger partial charge in [0.2, 0.25) is 0 Å². The molecule has 0 radical (unpaired) electrons. The van der Waals surface area contributed by atoms with E-state index in [0.29, 0.717) is 0 Å². The first-order valence-corrected chi connectivity index (χ1v) is 21.8. The molecule has 1 aliphatic heterocycles. The third-order valence-corrected chi connectivity index (χ3v) is 13.1. The lowest BCUT2D eigenvalue weighted by Gasteiger charge is -2.45. The second-order valence-electron chi connectivity index (χ2n) is 16.4. The minimum absolute atomic E-state index is 0.510. The summed E-state index contributed by atoms with van der Waals surface area (Å²) in [5, 5.41) is 0. The lowest BCUT2D eigenvalue weighted by atomic mass is 9.64. The number of benzene rings is 10. The Morgan fingerprint density at radius 2 is 0.714 bits per heavy atom. The predicted molar refractivity (Wildman–Crippen MR) is 263 cm³/mol. The molecule has 0 unspecified atom stereocenters. The highest BCUT2D eigenvalue weighted by Gasteiger charge is 2.52. The second-order valence-corrected chi connectivity index (χ2v) is 16.4. The van der Waals surface area contributed by atoms with E-state index >= 15 is 0 Å². The average molecular weight is 803 g/mol. The van der Waals surface area contributed by atoms with E-state index < -0.39 is 5.41 Å². The molecule has 0 N–H and O–H groups in total. The first-order chi connectivity index (χ1) is 31.3. The van der Waals surface area contributed by atoms with Crippen molar-refractivity contribution in [2.45, 2.75) is 5.41 Å². The number of anilines is 6. The molecule has 0 atom stereocenters. The summed E-state index contributed by atoms with van der Waals surface area (Å²) < 4.78 is 0. The summed E-state index contributed by atoms with van der Waals surface area (Å²) >= 11 is 0. The Bertz CT molecular complexity index is 3220. The lowest BCUT2D eigenvalue weighted by molar-refractivity contribution is 0.753. The van der Waals surface area contributed by atoms with Crippen molar-refractivity contribution in [2.75, 3.05) is 9.80 Å². The third kappa shape index (κ3) is 5.80. The third-order valence-electron chi connectivity index (χ3n) is 13.1. The van der Waals surface area contributed by atoms with E-state index in [9.17, 15) is 0 Å². The molecule has 1 heterocycles. The van der Waals surface area contributed by atoms with E-state index in [1.165, 1.54) is 78.1 Å². The van der Waals surface area contributed by atoms with Crippen LogP contribution in [0.25, 0.3) is 44.5 Å². The number of fused-ring (bicyclic) bond motifs is 9. The van der Waals surface area contributed by atoms with E-state index in [4.69, 9.17) is 0 Å². The quantitative estimate of drug-likeness (QED) is 0.158. The normalized spacial score (nSPS) is 12.9. The number of hydrogen-bond acceptors (Lipinski definition) is 2. The van der Waals surface area contributed by atoms with Gasteiger partial charge in [0, 0.05) is 22.6 Å². The van der Waals surface area contributed by atoms with Crippen molar-refractivity contribution >= 4 is 34.1 Å². The van der Waals surface area contributed by atoms with Crippen LogP contribution in [0.1, 0.15) is 22.3 Å². The van der Waals surface area contributed by atoms with Gasteiger partial charge in [-0.3, -0.25) is 0 Å². The molecule has 1 spiro atoms. The standard InChI is InChI=1S/C61H42N2/c1-4-19-43(20-5-1)44-35-39-48(40-36-44)62(57-32-15-11-25-50(57)45-21-6-2-7-22-45)49-41-37-46(38-42-49)51-27-18-31-56-60(51)52-26-10-12-28-53(52)61(56)54-29-13-16-33-58(54)63(47-23-8-3-9-24-47)59-34-17-14-30-55(59)61/h1-42H. The molecule has 0 bridgehead atoms. The van der Waals surface area contributed by atoms with Crippen LogP contribution in [-0.2, 0) is 5.41 Å². The monoisotopic (exact) mass is 802 g/mol. The largest absolute Gasteiger partial charge is 0.310 e. The van der Waals surface area contributed by atoms with E-state index in [-0.39, 0.29) is 0 Å². The molecule has 2 nitrogen and oxygen atoms in total. The molecule has 12 rings (SSSR count). The van der Waals surface area contributed by atoms with Gasteiger partial charge in [-0.1, -0.05) is 200 Å². The van der Waals surface area contributed by atoms with Crippen molar-refractivity contribution in [2.24, 2.45) is 0 Å². The summed E-state index contributed by atoms with van der Waals surface area (Å²) in [4.78, 5) is 4.84. The maximum Gasteiger partial charge on any atom is 0.0754 e. The lowest BCUT2D eigenvalue weighted by Crippen LogP contribution is -2.36. The van der Waals surface area contributed by atoms with Gasteiger partial charge in [-0.05, 0) is 116 Å². The SMILES string of the molecule is c1ccc(-c2ccc(N(c3ccc(-c4cccc5c4-c4ccccc4C54c5ccccc5N(c5ccccc5)c5ccccc54)cc3)c3ccccc3-c3ccccc3)cc2)cc1. The van der Waals surface area contributed by atoms with Gasteiger partial charge in [0.15, 0.2) is 0 Å². The molecule has 10 aromatic rings. The highest BCUT2D eigenvalue weighted by Crippen LogP contribution is 2.64. The molecule has 2 heteroatoms. The van der Waals surface area contributed by atoms with Crippen LogP contribution in [0, 0.1) is 0 Å². The molecule has 2 aliphatic rings. The van der Waals surface area contributed by atoms with E-state index in [1.54, 1.807) is 0 Å². The van der Waals surface area contributed by atoms with Crippen LogP contribution in [0.5, 0.6) is 0 Å². The minimum Gasteiger partial charge on any atom is -0.310 e. The fourth-order valence-corrected chi connectivity index (χ4v) is 10.4. The van der Waals surface area contributed by atoms with Crippen LogP contribution in [0.15, 0.2) is 255 Å². The molecule has 0 saturated carbocycles. The summed E-state index contributed by atoms with van der Waals surface area (Å²) in [5.74, 6) is 0. The molecule has 1 aliphatic carbocycles. The first kappa shape index (κ1) is 36.6. The van der Waals surface area contributed by atoms with Crippen LogP contribution in [0.3, 0.4) is 0 Å². The van der Waals surface area contributed by atoms with Gasteiger partial charge < -0.3 is 9.80 Å². The molecule has 10 aromatic carbocycles. The van der Waals surface area contributed by atoms with Crippen LogP contribution in [0.2, 0.25) is 0 Å². The van der Waals surface area contributed by atoms with E-state index in [0.717, 1.165) is 22.7 Å². The average Bonchev–Trinajstić information content (AvgIpc) is 3.66. The molecule has 0 aromatic heterocycles. The maximum absolute atomic E-state index is 2.44. The predicted octanol–water partition coefficient (Wildman–Crippen LogP) is 16.3. The smallest absolute Gasteiger partial charge is 0.0754 e. The topological polar surface area (TPSA) is 6.48 Å². The van der Waals surface area contributed by atoms with E-state index in [2.05, 4.69) is 265 Å². The van der Waals surface area contributed by atoms with Gasteiger partial charge in [0.1, 0.15) is 0 Å². The van der Waals surface area contributed by atoms with Gasteiger partial charge >= 0.3 is 0 Å². The number of para-hydroxylation sites is 4. The molecular weight excluding hydrogens is 761 g/mol. The molecule has 63 heavy (non-hydrogen) atoms. The number of nitrogens with zero attached hydrogens (tertiary/aromatic N) is 2. The summed E-state index contributed by atoms with van der Waals surface area (Å²) in [6, 6.07) is 93.1. The van der Waals surface area contributed by atoms with Crippen molar-refractivity contribution in [1.82, 2.24) is 0 Å². The Labute approximate surface area is 369 Å². The van der Waals surface area contributed by atoms with Crippen molar-refractivity contribution < 1.29 is 0 Å². The molecule has 296 valence electrons. The maximum atomic E-state index is 2.44. The van der Waals surface area contributed by atoms with E-state index in [1.807, 2.05) is 0 Å². The fraction of sp³-hybridized carbons (Fsp3) is 0.0164. The fourth-order valence-electron chi connectivity index (χ4n) is 10.4. The summed E-state index contributed by atoms with van der Waals surface area (Å²) in [5.41, 5.74) is 21.3. The highest BCUT2D eigenvalue weighted by molar-refractivity contribution is 6.00. The van der Waals surface area contributed by atoms with Gasteiger partial charge in [-0.25, -0.2) is 0 Å². The minimum atomic E-state index is -0.510. The van der Waals surface area contributed by atoms with Crippen LogP contribution < -0.4 is 9.80 Å². The number of hydrogen-bond donors (Lipinski definition) is 0. The molecule has 0 saturated heterocycles. The summed E-state index contributed by atoms with van der Waals surface area (Å²) in [7, 11) is 0. The van der Waals surface area contributed by atoms with Gasteiger partial charge in [-0.15, -0.1) is 0 Å². The zero-order valence-electron chi connectivity index (χ0n) is 34.6. The van der Waals surface area contributed by atoms with Crippen LogP contribution in [0.4, 0.5) is 34.1 Å². The molecule has 0 fully saturated rings. The van der Waals surface area contributed by atoms with Gasteiger partial charge in [-0.2, -0.15) is 0 Å². The van der Waals surface area contributed by atoms with Crippen molar-refractivity contribution in [3.8, 4) is 44.5 Å².